The third kappa shape index (κ3) is 2.97. The van der Waals surface area contributed by atoms with Crippen LogP contribution in [0.4, 0.5) is 9.59 Å². The second-order valence-electron chi connectivity index (χ2n) is 4.87. The molecule has 0 aromatic heterocycles. The molecular formula is C12H20N4O3. The number of nitrogens with zero attached hydrogens (tertiary/aromatic N) is 2. The fourth-order valence-electron chi connectivity index (χ4n) is 2.48. The van der Waals surface area contributed by atoms with Crippen molar-refractivity contribution in [2.75, 3.05) is 26.2 Å². The molecule has 19 heavy (non-hydrogen) atoms. The molecular weight excluding hydrogens is 248 g/mol. The minimum Gasteiger partial charge on any atom is -0.338 e. The molecule has 2 heterocycles. The monoisotopic (exact) mass is 268 g/mol. The summed E-state index contributed by atoms with van der Waals surface area (Å²) in [6, 6.07) is -0.443. The van der Waals surface area contributed by atoms with E-state index in [4.69, 9.17) is 0 Å². The lowest BCUT2D eigenvalue weighted by atomic mass is 10.0. The van der Waals surface area contributed by atoms with Crippen molar-refractivity contribution in [3.05, 3.63) is 0 Å². The first kappa shape index (κ1) is 13.6. The molecule has 2 aliphatic heterocycles. The van der Waals surface area contributed by atoms with Crippen LogP contribution in [0.2, 0.25) is 0 Å². The maximum atomic E-state index is 11.8. The summed E-state index contributed by atoms with van der Waals surface area (Å²) in [5, 5.41) is 5.35. The Bertz CT molecular complexity index is 361. The topological polar surface area (TPSA) is 81.8 Å². The SMILES string of the molecule is CCCNC(=O)N1CCC(N2C(=O)CNC2=O)CC1. The van der Waals surface area contributed by atoms with E-state index < -0.39 is 0 Å². The minimum atomic E-state index is -0.307. The van der Waals surface area contributed by atoms with Crippen LogP contribution in [0.3, 0.4) is 0 Å². The van der Waals surface area contributed by atoms with Crippen molar-refractivity contribution in [2.24, 2.45) is 0 Å². The molecule has 7 nitrogen and oxygen atoms in total. The molecule has 2 N–H and O–H groups in total. The Morgan fingerprint density at radius 2 is 2.05 bits per heavy atom. The number of hydrogen-bond donors (Lipinski definition) is 2. The van der Waals surface area contributed by atoms with E-state index >= 15 is 0 Å². The van der Waals surface area contributed by atoms with Gasteiger partial charge in [0.05, 0.1) is 6.54 Å². The number of likely N-dealkylation sites (tertiary alicyclic amines) is 1. The summed E-state index contributed by atoms with van der Waals surface area (Å²) in [4.78, 5) is 37.9. The van der Waals surface area contributed by atoms with Crippen LogP contribution in [-0.4, -0.2) is 60.0 Å². The van der Waals surface area contributed by atoms with Crippen LogP contribution in [0, 0.1) is 0 Å². The summed E-state index contributed by atoms with van der Waals surface area (Å²) in [6.07, 6.45) is 2.21. The van der Waals surface area contributed by atoms with E-state index in [2.05, 4.69) is 10.6 Å². The van der Waals surface area contributed by atoms with Crippen LogP contribution < -0.4 is 10.6 Å². The predicted octanol–water partition coefficient (Wildman–Crippen LogP) is 0.122. The highest BCUT2D eigenvalue weighted by atomic mass is 16.2. The van der Waals surface area contributed by atoms with Gasteiger partial charge < -0.3 is 15.5 Å². The number of hydrogen-bond acceptors (Lipinski definition) is 3. The van der Waals surface area contributed by atoms with E-state index in [1.807, 2.05) is 6.92 Å². The third-order valence-corrected chi connectivity index (χ3v) is 3.52. The molecule has 2 rings (SSSR count). The Morgan fingerprint density at radius 3 is 2.58 bits per heavy atom. The van der Waals surface area contributed by atoms with Gasteiger partial charge in [-0.2, -0.15) is 0 Å². The standard InChI is InChI=1S/C12H20N4O3/c1-2-5-13-11(18)15-6-3-9(4-7-15)16-10(17)8-14-12(16)19/h9H,2-8H2,1H3,(H,13,18)(H,14,19). The van der Waals surface area contributed by atoms with Crippen LogP contribution in [0.15, 0.2) is 0 Å². The summed E-state index contributed by atoms with van der Waals surface area (Å²) in [6.45, 7) is 3.93. The zero-order valence-corrected chi connectivity index (χ0v) is 11.1. The molecule has 0 bridgehead atoms. The van der Waals surface area contributed by atoms with Gasteiger partial charge in [-0.1, -0.05) is 6.92 Å². The summed E-state index contributed by atoms with van der Waals surface area (Å²) >= 11 is 0. The number of urea groups is 2. The first-order chi connectivity index (χ1) is 9.13. The molecule has 2 aliphatic rings. The summed E-state index contributed by atoms with van der Waals surface area (Å²) in [7, 11) is 0. The molecule has 2 fully saturated rings. The van der Waals surface area contributed by atoms with Crippen molar-refractivity contribution in [3.8, 4) is 0 Å². The average molecular weight is 268 g/mol. The van der Waals surface area contributed by atoms with Gasteiger partial charge in [-0.15, -0.1) is 0 Å². The average Bonchev–Trinajstić information content (AvgIpc) is 2.76. The van der Waals surface area contributed by atoms with Crippen molar-refractivity contribution in [1.29, 1.82) is 0 Å². The molecule has 0 unspecified atom stereocenters. The normalized spacial score (nSPS) is 20.7. The quantitative estimate of drug-likeness (QED) is 0.713. The van der Waals surface area contributed by atoms with Gasteiger partial charge in [-0.05, 0) is 19.3 Å². The molecule has 0 aliphatic carbocycles. The van der Waals surface area contributed by atoms with Crippen molar-refractivity contribution >= 4 is 18.0 Å². The highest BCUT2D eigenvalue weighted by Gasteiger charge is 2.37. The number of imide groups is 1. The molecule has 106 valence electrons. The number of carbonyl (C=O) groups is 3. The Kier molecular flexibility index (Phi) is 4.24. The van der Waals surface area contributed by atoms with Gasteiger partial charge in [0.2, 0.25) is 5.91 Å². The maximum Gasteiger partial charge on any atom is 0.324 e. The van der Waals surface area contributed by atoms with Gasteiger partial charge in [-0.3, -0.25) is 9.69 Å². The van der Waals surface area contributed by atoms with Crippen molar-refractivity contribution < 1.29 is 14.4 Å². The zero-order valence-electron chi connectivity index (χ0n) is 11.1. The van der Waals surface area contributed by atoms with Crippen LogP contribution in [0.1, 0.15) is 26.2 Å². The molecule has 0 saturated carbocycles. The lowest BCUT2D eigenvalue weighted by Crippen LogP contribution is -2.51. The molecule has 5 amide bonds. The van der Waals surface area contributed by atoms with Gasteiger partial charge in [0.25, 0.3) is 0 Å². The number of amides is 5. The Hall–Kier alpha value is -1.79. The predicted molar refractivity (Wildman–Crippen MR) is 68.5 cm³/mol. The van der Waals surface area contributed by atoms with Crippen molar-refractivity contribution in [1.82, 2.24) is 20.4 Å². The molecule has 0 spiro atoms. The number of rotatable bonds is 3. The fourth-order valence-corrected chi connectivity index (χ4v) is 2.48. The highest BCUT2D eigenvalue weighted by molar-refractivity contribution is 6.02. The Morgan fingerprint density at radius 1 is 1.37 bits per heavy atom. The zero-order chi connectivity index (χ0) is 13.8. The van der Waals surface area contributed by atoms with Crippen LogP contribution in [0.25, 0.3) is 0 Å². The van der Waals surface area contributed by atoms with Gasteiger partial charge in [0.1, 0.15) is 0 Å². The van der Waals surface area contributed by atoms with Gasteiger partial charge in [-0.25, -0.2) is 9.59 Å². The van der Waals surface area contributed by atoms with Gasteiger partial charge in [0.15, 0.2) is 0 Å². The molecule has 0 aromatic carbocycles. The van der Waals surface area contributed by atoms with Crippen molar-refractivity contribution in [3.63, 3.8) is 0 Å². The van der Waals surface area contributed by atoms with E-state index in [-0.39, 0.29) is 30.6 Å². The van der Waals surface area contributed by atoms with Crippen LogP contribution in [0.5, 0.6) is 0 Å². The summed E-state index contributed by atoms with van der Waals surface area (Å²) in [5.74, 6) is -0.168. The highest BCUT2D eigenvalue weighted by Crippen LogP contribution is 2.18. The number of carbonyl (C=O) groups excluding carboxylic acids is 3. The first-order valence-corrected chi connectivity index (χ1v) is 6.76. The minimum absolute atomic E-state index is 0.0579. The van der Waals surface area contributed by atoms with E-state index in [1.54, 1.807) is 4.90 Å². The largest absolute Gasteiger partial charge is 0.338 e. The first-order valence-electron chi connectivity index (χ1n) is 6.76. The van der Waals surface area contributed by atoms with Crippen LogP contribution >= 0.6 is 0 Å². The van der Waals surface area contributed by atoms with Gasteiger partial charge >= 0.3 is 12.1 Å². The lowest BCUT2D eigenvalue weighted by Gasteiger charge is -2.35. The van der Waals surface area contributed by atoms with E-state index in [9.17, 15) is 14.4 Å². The second-order valence-corrected chi connectivity index (χ2v) is 4.87. The summed E-state index contributed by atoms with van der Waals surface area (Å²) < 4.78 is 0. The maximum absolute atomic E-state index is 11.8. The molecule has 0 aromatic rings. The van der Waals surface area contributed by atoms with Gasteiger partial charge in [0, 0.05) is 25.7 Å². The van der Waals surface area contributed by atoms with Crippen LogP contribution in [-0.2, 0) is 4.79 Å². The van der Waals surface area contributed by atoms with E-state index in [0.29, 0.717) is 32.5 Å². The van der Waals surface area contributed by atoms with Crippen molar-refractivity contribution in [2.45, 2.75) is 32.2 Å². The second kappa shape index (κ2) is 5.90. The number of piperidine rings is 1. The Balaban J connectivity index is 1.84. The van der Waals surface area contributed by atoms with E-state index in [1.165, 1.54) is 4.90 Å². The smallest absolute Gasteiger partial charge is 0.324 e. The lowest BCUT2D eigenvalue weighted by molar-refractivity contribution is -0.127. The molecule has 0 atom stereocenters. The van der Waals surface area contributed by atoms with E-state index in [0.717, 1.165) is 6.42 Å². The third-order valence-electron chi connectivity index (χ3n) is 3.52. The molecule has 7 heteroatoms. The fraction of sp³-hybridized carbons (Fsp3) is 0.750. The molecule has 2 saturated heterocycles. The Labute approximate surface area is 112 Å². The number of nitrogens with one attached hydrogen (secondary N) is 2. The summed E-state index contributed by atoms with van der Waals surface area (Å²) in [5.41, 5.74) is 0. The molecule has 0 radical (unpaired) electrons.